The van der Waals surface area contributed by atoms with E-state index in [-0.39, 0.29) is 5.91 Å². The Bertz CT molecular complexity index is 569. The van der Waals surface area contributed by atoms with Crippen LogP contribution in [-0.4, -0.2) is 28.5 Å². The Hall–Kier alpha value is -1.85. The third-order valence-electron chi connectivity index (χ3n) is 2.80. The van der Waals surface area contributed by atoms with Gasteiger partial charge in [-0.3, -0.25) is 4.79 Å². The average molecular weight is 293 g/mol. The zero-order valence-electron chi connectivity index (χ0n) is 11.3. The highest BCUT2D eigenvalue weighted by Gasteiger charge is 2.11. The van der Waals surface area contributed by atoms with Gasteiger partial charge in [0.15, 0.2) is 0 Å². The van der Waals surface area contributed by atoms with Crippen LogP contribution in [0.15, 0.2) is 36.9 Å². The second kappa shape index (κ2) is 7.07. The molecule has 20 heavy (non-hydrogen) atoms. The second-order valence-electron chi connectivity index (χ2n) is 4.26. The number of aromatic nitrogens is 2. The summed E-state index contributed by atoms with van der Waals surface area (Å²) in [5.41, 5.74) is 1.40. The number of hydrogen-bond acceptors (Lipinski definition) is 3. The maximum absolute atomic E-state index is 11.9. The number of carbonyl (C=O) groups excluding carboxylic acids is 1. The van der Waals surface area contributed by atoms with Crippen molar-refractivity contribution in [2.75, 3.05) is 18.4 Å². The summed E-state index contributed by atoms with van der Waals surface area (Å²) in [4.78, 5) is 15.9. The number of benzene rings is 1. The molecule has 1 amide bonds. The molecule has 106 valence electrons. The number of halogens is 1. The van der Waals surface area contributed by atoms with E-state index in [1.807, 2.05) is 19.1 Å². The molecular weight excluding hydrogens is 276 g/mol. The van der Waals surface area contributed by atoms with Crippen LogP contribution in [0.4, 0.5) is 5.69 Å². The Morgan fingerprint density at radius 3 is 3.00 bits per heavy atom. The fourth-order valence-electron chi connectivity index (χ4n) is 1.86. The summed E-state index contributed by atoms with van der Waals surface area (Å²) in [7, 11) is 0. The molecule has 2 N–H and O–H groups in total. The fourth-order valence-corrected chi connectivity index (χ4v) is 2.13. The molecule has 0 aliphatic rings. The van der Waals surface area contributed by atoms with E-state index in [2.05, 4.69) is 15.6 Å². The minimum absolute atomic E-state index is 0.0467. The number of amides is 1. The topological polar surface area (TPSA) is 59.0 Å². The first-order valence-electron chi connectivity index (χ1n) is 6.49. The first kappa shape index (κ1) is 14.6. The standard InChI is InChI=1S/C14H17ClN4O/c1-2-16-7-6-13(20)18-12-5-3-4-11(15)14(12)19-9-8-17-10-19/h3-5,8-10,16H,2,6-7H2,1H3,(H,18,20). The van der Waals surface area contributed by atoms with Crippen LogP contribution in [0.2, 0.25) is 5.02 Å². The largest absolute Gasteiger partial charge is 0.324 e. The lowest BCUT2D eigenvalue weighted by atomic mass is 10.2. The summed E-state index contributed by atoms with van der Waals surface area (Å²) in [6.07, 6.45) is 5.52. The second-order valence-corrected chi connectivity index (χ2v) is 4.66. The summed E-state index contributed by atoms with van der Waals surface area (Å²) < 4.78 is 1.78. The molecule has 0 radical (unpaired) electrons. The molecule has 0 atom stereocenters. The van der Waals surface area contributed by atoms with Gasteiger partial charge in [0.25, 0.3) is 0 Å². The van der Waals surface area contributed by atoms with Gasteiger partial charge in [0.05, 0.1) is 22.7 Å². The maximum atomic E-state index is 11.9. The molecule has 1 aromatic heterocycles. The predicted octanol–water partition coefficient (Wildman–Crippen LogP) is 2.46. The molecule has 1 aromatic carbocycles. The number of para-hydroxylation sites is 1. The molecule has 0 aliphatic carbocycles. The average Bonchev–Trinajstić information content (AvgIpc) is 2.93. The van der Waals surface area contributed by atoms with Gasteiger partial charge in [0.2, 0.25) is 5.91 Å². The number of nitrogens with zero attached hydrogens (tertiary/aromatic N) is 2. The SMILES string of the molecule is CCNCCC(=O)Nc1cccc(Cl)c1-n1ccnc1. The number of hydrogen-bond donors (Lipinski definition) is 2. The van der Waals surface area contributed by atoms with E-state index in [4.69, 9.17) is 11.6 Å². The summed E-state index contributed by atoms with van der Waals surface area (Å²) in [5, 5.41) is 6.57. The molecule has 1 heterocycles. The van der Waals surface area contributed by atoms with Crippen LogP contribution in [-0.2, 0) is 4.79 Å². The van der Waals surface area contributed by atoms with Gasteiger partial charge < -0.3 is 15.2 Å². The predicted molar refractivity (Wildman–Crippen MR) is 80.4 cm³/mol. The highest BCUT2D eigenvalue weighted by molar-refractivity contribution is 6.33. The molecule has 0 spiro atoms. The van der Waals surface area contributed by atoms with Crippen LogP contribution in [0, 0.1) is 0 Å². The van der Waals surface area contributed by atoms with Gasteiger partial charge in [-0.2, -0.15) is 0 Å². The van der Waals surface area contributed by atoms with Crippen molar-refractivity contribution < 1.29 is 4.79 Å². The zero-order chi connectivity index (χ0) is 14.4. The van der Waals surface area contributed by atoms with Crippen molar-refractivity contribution in [3.05, 3.63) is 41.9 Å². The number of rotatable bonds is 6. The number of carbonyl (C=O) groups is 1. The van der Waals surface area contributed by atoms with E-state index in [9.17, 15) is 4.79 Å². The van der Waals surface area contributed by atoms with E-state index in [0.717, 1.165) is 12.2 Å². The Morgan fingerprint density at radius 1 is 1.45 bits per heavy atom. The van der Waals surface area contributed by atoms with Crippen LogP contribution < -0.4 is 10.6 Å². The monoisotopic (exact) mass is 292 g/mol. The number of imidazole rings is 1. The molecule has 0 saturated heterocycles. The lowest BCUT2D eigenvalue weighted by Gasteiger charge is -2.13. The Balaban J connectivity index is 2.16. The molecule has 0 bridgehead atoms. The molecule has 0 saturated carbocycles. The van der Waals surface area contributed by atoms with E-state index in [1.54, 1.807) is 29.4 Å². The molecule has 2 aromatic rings. The van der Waals surface area contributed by atoms with Crippen molar-refractivity contribution in [2.45, 2.75) is 13.3 Å². The number of anilines is 1. The van der Waals surface area contributed by atoms with E-state index >= 15 is 0 Å². The Kier molecular flexibility index (Phi) is 5.15. The van der Waals surface area contributed by atoms with Gasteiger partial charge in [-0.05, 0) is 18.7 Å². The molecule has 0 unspecified atom stereocenters. The lowest BCUT2D eigenvalue weighted by Crippen LogP contribution is -2.21. The van der Waals surface area contributed by atoms with Crippen LogP contribution in [0.25, 0.3) is 5.69 Å². The molecule has 5 nitrogen and oxygen atoms in total. The number of nitrogens with one attached hydrogen (secondary N) is 2. The summed E-state index contributed by atoms with van der Waals surface area (Å²) in [5.74, 6) is -0.0467. The smallest absolute Gasteiger partial charge is 0.225 e. The van der Waals surface area contributed by atoms with Crippen LogP contribution in [0.3, 0.4) is 0 Å². The Labute approximate surface area is 123 Å². The van der Waals surface area contributed by atoms with Crippen molar-refractivity contribution in [3.63, 3.8) is 0 Å². The van der Waals surface area contributed by atoms with Crippen LogP contribution in [0.5, 0.6) is 0 Å². The fraction of sp³-hybridized carbons (Fsp3) is 0.286. The van der Waals surface area contributed by atoms with Crippen LogP contribution in [0.1, 0.15) is 13.3 Å². The third kappa shape index (κ3) is 3.59. The van der Waals surface area contributed by atoms with Crippen molar-refractivity contribution in [2.24, 2.45) is 0 Å². The van der Waals surface area contributed by atoms with Crippen LogP contribution >= 0.6 is 11.6 Å². The summed E-state index contributed by atoms with van der Waals surface area (Å²) >= 11 is 6.22. The highest BCUT2D eigenvalue weighted by Crippen LogP contribution is 2.28. The van der Waals surface area contributed by atoms with Crippen molar-refractivity contribution in [3.8, 4) is 5.69 Å². The normalized spacial score (nSPS) is 10.5. The zero-order valence-corrected chi connectivity index (χ0v) is 12.0. The van der Waals surface area contributed by atoms with Crippen molar-refractivity contribution in [1.29, 1.82) is 0 Å². The molecule has 6 heteroatoms. The third-order valence-corrected chi connectivity index (χ3v) is 3.11. The van der Waals surface area contributed by atoms with Crippen molar-refractivity contribution >= 4 is 23.2 Å². The van der Waals surface area contributed by atoms with Gasteiger partial charge in [0.1, 0.15) is 0 Å². The first-order valence-corrected chi connectivity index (χ1v) is 6.87. The van der Waals surface area contributed by atoms with E-state index in [0.29, 0.717) is 23.7 Å². The van der Waals surface area contributed by atoms with Gasteiger partial charge in [-0.15, -0.1) is 0 Å². The highest BCUT2D eigenvalue weighted by atomic mass is 35.5. The van der Waals surface area contributed by atoms with Gasteiger partial charge in [-0.1, -0.05) is 24.6 Å². The first-order chi connectivity index (χ1) is 9.72. The quantitative estimate of drug-likeness (QED) is 0.804. The lowest BCUT2D eigenvalue weighted by molar-refractivity contribution is -0.116. The molecule has 0 fully saturated rings. The van der Waals surface area contributed by atoms with Gasteiger partial charge in [-0.25, -0.2) is 4.98 Å². The van der Waals surface area contributed by atoms with Gasteiger partial charge in [0, 0.05) is 25.4 Å². The summed E-state index contributed by atoms with van der Waals surface area (Å²) in [6.45, 7) is 3.51. The van der Waals surface area contributed by atoms with E-state index in [1.165, 1.54) is 0 Å². The molecule has 2 rings (SSSR count). The van der Waals surface area contributed by atoms with E-state index < -0.39 is 0 Å². The van der Waals surface area contributed by atoms with Crippen molar-refractivity contribution in [1.82, 2.24) is 14.9 Å². The molecular formula is C14H17ClN4O. The minimum atomic E-state index is -0.0467. The van der Waals surface area contributed by atoms with Gasteiger partial charge >= 0.3 is 0 Å². The minimum Gasteiger partial charge on any atom is -0.324 e. The maximum Gasteiger partial charge on any atom is 0.225 e. The molecule has 0 aliphatic heterocycles. The summed E-state index contributed by atoms with van der Waals surface area (Å²) in [6, 6.07) is 5.42. The Morgan fingerprint density at radius 2 is 2.30 bits per heavy atom.